The number of aromatic nitrogens is 2. The van der Waals surface area contributed by atoms with Crippen LogP contribution >= 0.6 is 11.8 Å². The van der Waals surface area contributed by atoms with E-state index in [-0.39, 0.29) is 17.2 Å². The van der Waals surface area contributed by atoms with Crippen molar-refractivity contribution in [3.8, 4) is 5.69 Å². The molecule has 1 aliphatic rings. The van der Waals surface area contributed by atoms with Crippen LogP contribution in [0, 0.1) is 5.82 Å². The molecule has 0 aliphatic carbocycles. The van der Waals surface area contributed by atoms with E-state index in [2.05, 4.69) is 12.1 Å². The minimum atomic E-state index is -0.514. The highest BCUT2D eigenvalue weighted by Gasteiger charge is 2.29. The molecule has 0 radical (unpaired) electrons. The molecule has 35 heavy (non-hydrogen) atoms. The summed E-state index contributed by atoms with van der Waals surface area (Å²) < 4.78 is 16.1. The van der Waals surface area contributed by atoms with Crippen LogP contribution in [0.4, 0.5) is 4.39 Å². The Morgan fingerprint density at radius 3 is 2.54 bits per heavy atom. The average Bonchev–Trinajstić information content (AvgIpc) is 2.89. The first-order chi connectivity index (χ1) is 17.1. The zero-order chi connectivity index (χ0) is 24.4. The Balaban J connectivity index is 1.55. The molecule has 1 unspecified atom stereocenters. The zero-order valence-electron chi connectivity index (χ0n) is 19.5. The molecular formula is C28H26FN3O2S. The lowest BCUT2D eigenvalue weighted by Gasteiger charge is -2.31. The molecule has 1 atom stereocenters. The van der Waals surface area contributed by atoms with Gasteiger partial charge in [0.05, 0.1) is 21.8 Å². The molecule has 0 bridgehead atoms. The highest BCUT2D eigenvalue weighted by molar-refractivity contribution is 8.00. The third-order valence-electron chi connectivity index (χ3n) is 6.35. The summed E-state index contributed by atoms with van der Waals surface area (Å²) in [5, 5.41) is 0.297. The van der Waals surface area contributed by atoms with E-state index in [4.69, 9.17) is 4.98 Å². The summed E-state index contributed by atoms with van der Waals surface area (Å²) in [6.45, 7) is 3.26. The molecule has 0 spiro atoms. The fraction of sp³-hybridized carbons (Fsp3) is 0.250. The van der Waals surface area contributed by atoms with Crippen molar-refractivity contribution in [3.63, 3.8) is 0 Å². The van der Waals surface area contributed by atoms with Crippen LogP contribution in [0.2, 0.25) is 0 Å². The van der Waals surface area contributed by atoms with Gasteiger partial charge in [0, 0.05) is 13.1 Å². The minimum Gasteiger partial charge on any atom is -0.337 e. The molecule has 5 nitrogen and oxygen atoms in total. The summed E-state index contributed by atoms with van der Waals surface area (Å²) in [5.41, 5.74) is 2.76. The SMILES string of the molecule is CCCC(Sc1nc2ccccc2c(=O)n1-c1ccccc1F)C(=O)N1CCc2ccccc2C1. The second-order valence-electron chi connectivity index (χ2n) is 8.68. The van der Waals surface area contributed by atoms with Crippen molar-refractivity contribution in [2.45, 2.75) is 43.1 Å². The number of carbonyl (C=O) groups is 1. The van der Waals surface area contributed by atoms with Crippen LogP contribution in [-0.2, 0) is 17.8 Å². The zero-order valence-corrected chi connectivity index (χ0v) is 20.3. The Kier molecular flexibility index (Phi) is 6.68. The Bertz CT molecular complexity index is 1450. The fourth-order valence-electron chi connectivity index (χ4n) is 4.55. The molecule has 178 valence electrons. The Labute approximate surface area is 207 Å². The van der Waals surface area contributed by atoms with E-state index in [0.29, 0.717) is 35.6 Å². The van der Waals surface area contributed by atoms with Crippen molar-refractivity contribution in [2.24, 2.45) is 0 Å². The second kappa shape index (κ2) is 10.0. The molecule has 2 heterocycles. The topological polar surface area (TPSA) is 55.2 Å². The second-order valence-corrected chi connectivity index (χ2v) is 9.85. The van der Waals surface area contributed by atoms with Crippen LogP contribution < -0.4 is 5.56 Å². The van der Waals surface area contributed by atoms with Crippen LogP contribution in [0.5, 0.6) is 0 Å². The highest BCUT2D eigenvalue weighted by atomic mass is 32.2. The quantitative estimate of drug-likeness (QED) is 0.271. The van der Waals surface area contributed by atoms with Crippen LogP contribution in [-0.4, -0.2) is 32.2 Å². The number of halogens is 1. The number of amides is 1. The molecular weight excluding hydrogens is 461 g/mol. The summed E-state index contributed by atoms with van der Waals surface area (Å²) in [7, 11) is 0. The fourth-order valence-corrected chi connectivity index (χ4v) is 5.84. The van der Waals surface area contributed by atoms with Gasteiger partial charge in [-0.1, -0.05) is 73.6 Å². The van der Waals surface area contributed by atoms with E-state index < -0.39 is 11.1 Å². The predicted octanol–water partition coefficient (Wildman–Crippen LogP) is 5.37. The lowest BCUT2D eigenvalue weighted by Crippen LogP contribution is -2.41. The number of hydrogen-bond acceptors (Lipinski definition) is 4. The minimum absolute atomic E-state index is 0.0221. The van der Waals surface area contributed by atoms with E-state index in [1.54, 1.807) is 36.4 Å². The van der Waals surface area contributed by atoms with Gasteiger partial charge in [-0.25, -0.2) is 9.37 Å². The number of carbonyl (C=O) groups excluding carboxylic acids is 1. The van der Waals surface area contributed by atoms with Gasteiger partial charge in [0.25, 0.3) is 5.56 Å². The summed E-state index contributed by atoms with van der Waals surface area (Å²) in [4.78, 5) is 33.8. The van der Waals surface area contributed by atoms with Crippen LogP contribution in [0.15, 0.2) is 82.7 Å². The summed E-state index contributed by atoms with van der Waals surface area (Å²) in [6.07, 6.45) is 2.24. The van der Waals surface area contributed by atoms with E-state index in [1.807, 2.05) is 30.0 Å². The van der Waals surface area contributed by atoms with Gasteiger partial charge >= 0.3 is 0 Å². The lowest BCUT2D eigenvalue weighted by atomic mass is 9.99. The number of rotatable bonds is 6. The molecule has 4 aromatic rings. The van der Waals surface area contributed by atoms with Gasteiger partial charge in [0.15, 0.2) is 5.16 Å². The van der Waals surface area contributed by atoms with Gasteiger partial charge in [-0.3, -0.25) is 14.2 Å². The number of hydrogen-bond donors (Lipinski definition) is 0. The Hall–Kier alpha value is -3.45. The predicted molar refractivity (Wildman–Crippen MR) is 137 cm³/mol. The van der Waals surface area contributed by atoms with Crippen molar-refractivity contribution in [1.29, 1.82) is 0 Å². The summed E-state index contributed by atoms with van der Waals surface area (Å²) >= 11 is 1.25. The highest BCUT2D eigenvalue weighted by Crippen LogP contribution is 2.31. The summed E-state index contributed by atoms with van der Waals surface area (Å²) in [6, 6.07) is 21.4. The lowest BCUT2D eigenvalue weighted by molar-refractivity contribution is -0.131. The molecule has 1 amide bonds. The maximum Gasteiger partial charge on any atom is 0.266 e. The van der Waals surface area contributed by atoms with Crippen molar-refractivity contribution < 1.29 is 9.18 Å². The molecule has 1 aromatic heterocycles. The van der Waals surface area contributed by atoms with Gasteiger partial charge in [-0.15, -0.1) is 0 Å². The number of para-hydroxylation sites is 2. The smallest absolute Gasteiger partial charge is 0.266 e. The van der Waals surface area contributed by atoms with Gasteiger partial charge in [-0.05, 0) is 48.2 Å². The number of fused-ring (bicyclic) bond motifs is 2. The first-order valence-corrected chi connectivity index (χ1v) is 12.7. The largest absolute Gasteiger partial charge is 0.337 e. The third kappa shape index (κ3) is 4.60. The van der Waals surface area contributed by atoms with Crippen molar-refractivity contribution in [2.75, 3.05) is 6.54 Å². The molecule has 0 N–H and O–H groups in total. The van der Waals surface area contributed by atoms with Crippen LogP contribution in [0.25, 0.3) is 16.6 Å². The molecule has 0 saturated heterocycles. The van der Waals surface area contributed by atoms with E-state index in [0.717, 1.165) is 12.8 Å². The van der Waals surface area contributed by atoms with Crippen LogP contribution in [0.3, 0.4) is 0 Å². The van der Waals surface area contributed by atoms with Gasteiger partial charge < -0.3 is 4.90 Å². The van der Waals surface area contributed by atoms with Crippen molar-refractivity contribution in [1.82, 2.24) is 14.5 Å². The number of thioether (sulfide) groups is 1. The molecule has 5 rings (SSSR count). The normalized spacial score (nSPS) is 14.1. The standard InChI is InChI=1S/C28H26FN3O2S/c1-2-9-25(27(34)31-17-16-19-10-3-4-11-20(19)18-31)35-28-30-23-14-7-5-12-21(23)26(33)32(28)24-15-8-6-13-22(24)29/h3-8,10-15,25H,2,9,16-18H2,1H3. The Morgan fingerprint density at radius 1 is 1.03 bits per heavy atom. The average molecular weight is 488 g/mol. The van der Waals surface area contributed by atoms with Crippen LogP contribution in [0.1, 0.15) is 30.9 Å². The summed E-state index contributed by atoms with van der Waals surface area (Å²) in [5.74, 6) is -0.492. The van der Waals surface area contributed by atoms with Gasteiger partial charge in [0.1, 0.15) is 5.82 Å². The molecule has 1 aliphatic heterocycles. The number of nitrogens with zero attached hydrogens (tertiary/aromatic N) is 3. The molecule has 3 aromatic carbocycles. The first-order valence-electron chi connectivity index (χ1n) is 11.9. The van der Waals surface area contributed by atoms with Gasteiger partial charge in [-0.2, -0.15) is 0 Å². The maximum atomic E-state index is 14.8. The van der Waals surface area contributed by atoms with E-state index >= 15 is 0 Å². The van der Waals surface area contributed by atoms with Gasteiger partial charge in [0.2, 0.25) is 5.91 Å². The third-order valence-corrected chi connectivity index (χ3v) is 7.56. The molecule has 0 fully saturated rings. The molecule has 7 heteroatoms. The Morgan fingerprint density at radius 2 is 1.74 bits per heavy atom. The van der Waals surface area contributed by atoms with E-state index in [9.17, 15) is 14.0 Å². The van der Waals surface area contributed by atoms with Crippen molar-refractivity contribution in [3.05, 3.63) is 100 Å². The number of benzene rings is 3. The maximum absolute atomic E-state index is 14.8. The van der Waals surface area contributed by atoms with Crippen molar-refractivity contribution >= 4 is 28.6 Å². The first kappa shape index (κ1) is 23.3. The molecule has 0 saturated carbocycles. The monoisotopic (exact) mass is 487 g/mol. The van der Waals surface area contributed by atoms with E-state index in [1.165, 1.54) is 33.5 Å².